The van der Waals surface area contributed by atoms with E-state index in [1.54, 1.807) is 0 Å². The molecule has 1 aromatic carbocycles. The summed E-state index contributed by atoms with van der Waals surface area (Å²) in [5, 5.41) is 9.09. The van der Waals surface area contributed by atoms with E-state index in [0.29, 0.717) is 13.0 Å². The minimum atomic E-state index is -0.220. The summed E-state index contributed by atoms with van der Waals surface area (Å²) in [5.41, 5.74) is 2.05. The molecule has 104 valence electrons. The first-order chi connectivity index (χ1) is 9.04. The summed E-state index contributed by atoms with van der Waals surface area (Å²) >= 11 is 3.47. The number of aliphatic hydroxyl groups excluding tert-OH is 1. The quantitative estimate of drug-likeness (QED) is 0.920. The van der Waals surface area contributed by atoms with Crippen molar-refractivity contribution < 1.29 is 9.90 Å². The molecule has 0 spiro atoms. The maximum atomic E-state index is 12.5. The van der Waals surface area contributed by atoms with E-state index in [2.05, 4.69) is 15.9 Å². The first-order valence-corrected chi connectivity index (χ1v) is 7.22. The SMILES string of the molecule is Cc1cc(N2CCN(C)C(CCO)C2=O)ccc1Br. The topological polar surface area (TPSA) is 43.8 Å². The summed E-state index contributed by atoms with van der Waals surface area (Å²) < 4.78 is 1.05. The van der Waals surface area contributed by atoms with Gasteiger partial charge in [-0.2, -0.15) is 0 Å². The number of likely N-dealkylation sites (N-methyl/N-ethyl adjacent to an activating group) is 1. The molecule has 1 fully saturated rings. The summed E-state index contributed by atoms with van der Waals surface area (Å²) in [5.74, 6) is 0.0736. The number of halogens is 1. The summed E-state index contributed by atoms with van der Waals surface area (Å²) in [6, 6.07) is 5.72. The lowest BCUT2D eigenvalue weighted by molar-refractivity contribution is -0.125. The van der Waals surface area contributed by atoms with E-state index in [1.165, 1.54) is 0 Å². The van der Waals surface area contributed by atoms with Crippen molar-refractivity contribution in [3.8, 4) is 0 Å². The fourth-order valence-corrected chi connectivity index (χ4v) is 2.66. The minimum Gasteiger partial charge on any atom is -0.396 e. The van der Waals surface area contributed by atoms with E-state index in [9.17, 15) is 4.79 Å². The Kier molecular flexibility index (Phi) is 4.60. The highest BCUT2D eigenvalue weighted by Gasteiger charge is 2.32. The van der Waals surface area contributed by atoms with Crippen LogP contribution in [0.5, 0.6) is 0 Å². The van der Waals surface area contributed by atoms with Crippen molar-refractivity contribution in [1.29, 1.82) is 0 Å². The highest BCUT2D eigenvalue weighted by molar-refractivity contribution is 9.10. The van der Waals surface area contributed by atoms with E-state index in [1.807, 2.05) is 42.0 Å². The third-order valence-electron chi connectivity index (χ3n) is 3.62. The Morgan fingerprint density at radius 2 is 2.16 bits per heavy atom. The van der Waals surface area contributed by atoms with Gasteiger partial charge in [-0.05, 0) is 44.2 Å². The lowest BCUT2D eigenvalue weighted by Gasteiger charge is -2.38. The Hall–Kier alpha value is -0.910. The van der Waals surface area contributed by atoms with Crippen molar-refractivity contribution in [2.75, 3.05) is 31.6 Å². The number of anilines is 1. The molecule has 1 amide bonds. The van der Waals surface area contributed by atoms with Crippen LogP contribution in [-0.2, 0) is 4.79 Å². The molecule has 0 bridgehead atoms. The molecule has 0 aliphatic carbocycles. The van der Waals surface area contributed by atoms with Gasteiger partial charge < -0.3 is 10.0 Å². The van der Waals surface area contributed by atoms with Crippen LogP contribution >= 0.6 is 15.9 Å². The van der Waals surface area contributed by atoms with Crippen LogP contribution in [0.25, 0.3) is 0 Å². The predicted molar refractivity (Wildman–Crippen MR) is 79.4 cm³/mol. The van der Waals surface area contributed by atoms with E-state index >= 15 is 0 Å². The molecule has 1 unspecified atom stereocenters. The van der Waals surface area contributed by atoms with Crippen LogP contribution in [0.1, 0.15) is 12.0 Å². The normalized spacial score (nSPS) is 20.9. The van der Waals surface area contributed by atoms with Crippen molar-refractivity contribution in [3.05, 3.63) is 28.2 Å². The predicted octanol–water partition coefficient (Wildman–Crippen LogP) is 1.79. The lowest BCUT2D eigenvalue weighted by Crippen LogP contribution is -2.56. The molecule has 1 aliphatic heterocycles. The molecular formula is C14H19BrN2O2. The molecule has 1 aliphatic rings. The van der Waals surface area contributed by atoms with Crippen LogP contribution in [-0.4, -0.2) is 48.7 Å². The van der Waals surface area contributed by atoms with Gasteiger partial charge in [-0.15, -0.1) is 0 Å². The molecular weight excluding hydrogens is 308 g/mol. The smallest absolute Gasteiger partial charge is 0.244 e. The average molecular weight is 327 g/mol. The summed E-state index contributed by atoms with van der Waals surface area (Å²) in [6.07, 6.45) is 0.487. The maximum absolute atomic E-state index is 12.5. The number of carbonyl (C=O) groups is 1. The van der Waals surface area contributed by atoms with Gasteiger partial charge in [0, 0.05) is 29.9 Å². The van der Waals surface area contributed by atoms with E-state index < -0.39 is 0 Å². The highest BCUT2D eigenvalue weighted by Crippen LogP contribution is 2.25. The van der Waals surface area contributed by atoms with Gasteiger partial charge in [-0.25, -0.2) is 0 Å². The van der Waals surface area contributed by atoms with E-state index in [4.69, 9.17) is 5.11 Å². The Bertz CT molecular complexity index is 479. The molecule has 1 heterocycles. The third kappa shape index (κ3) is 2.99. The third-order valence-corrected chi connectivity index (χ3v) is 4.50. The number of hydrogen-bond acceptors (Lipinski definition) is 3. The molecule has 0 aromatic heterocycles. The number of nitrogens with zero attached hydrogens (tertiary/aromatic N) is 2. The first-order valence-electron chi connectivity index (χ1n) is 6.43. The number of aliphatic hydroxyl groups is 1. The summed E-state index contributed by atoms with van der Waals surface area (Å²) in [4.78, 5) is 16.3. The Morgan fingerprint density at radius 1 is 1.42 bits per heavy atom. The van der Waals surface area contributed by atoms with Crippen molar-refractivity contribution >= 4 is 27.5 Å². The van der Waals surface area contributed by atoms with Crippen molar-refractivity contribution in [2.24, 2.45) is 0 Å². The number of benzene rings is 1. The van der Waals surface area contributed by atoms with E-state index in [-0.39, 0.29) is 18.6 Å². The Balaban J connectivity index is 2.24. The molecule has 19 heavy (non-hydrogen) atoms. The molecule has 1 aromatic rings. The molecule has 1 saturated heterocycles. The number of carbonyl (C=O) groups excluding carboxylic acids is 1. The van der Waals surface area contributed by atoms with Gasteiger partial charge in [0.1, 0.15) is 0 Å². The Labute approximate surface area is 122 Å². The molecule has 1 N–H and O–H groups in total. The summed E-state index contributed by atoms with van der Waals surface area (Å²) in [7, 11) is 1.93. The van der Waals surface area contributed by atoms with Crippen LogP contribution in [0.3, 0.4) is 0 Å². The first kappa shape index (κ1) is 14.5. The van der Waals surface area contributed by atoms with Crippen LogP contribution in [0.15, 0.2) is 22.7 Å². The van der Waals surface area contributed by atoms with Gasteiger partial charge in [0.05, 0.1) is 6.04 Å². The standard InChI is InChI=1S/C14H19BrN2O2/c1-10-9-11(3-4-12(10)15)17-7-6-16(2)13(5-8-18)14(17)19/h3-4,9,13,18H,5-8H2,1-2H3. The number of aryl methyl sites for hydroxylation is 1. The molecule has 4 nitrogen and oxygen atoms in total. The minimum absolute atomic E-state index is 0.0357. The monoisotopic (exact) mass is 326 g/mol. The van der Waals surface area contributed by atoms with Crippen molar-refractivity contribution in [2.45, 2.75) is 19.4 Å². The van der Waals surface area contributed by atoms with Crippen molar-refractivity contribution in [3.63, 3.8) is 0 Å². The number of rotatable bonds is 3. The van der Waals surface area contributed by atoms with E-state index in [0.717, 1.165) is 22.3 Å². The van der Waals surface area contributed by atoms with Crippen LogP contribution in [0, 0.1) is 6.92 Å². The largest absolute Gasteiger partial charge is 0.396 e. The second-order valence-corrected chi connectivity index (χ2v) is 5.79. The van der Waals surface area contributed by atoms with Gasteiger partial charge in [-0.3, -0.25) is 9.69 Å². The molecule has 5 heteroatoms. The molecule has 0 radical (unpaired) electrons. The molecule has 2 rings (SSSR count). The molecule has 1 atom stereocenters. The number of hydrogen-bond donors (Lipinski definition) is 1. The number of amides is 1. The second kappa shape index (κ2) is 6.03. The lowest BCUT2D eigenvalue weighted by atomic mass is 10.1. The van der Waals surface area contributed by atoms with Crippen LogP contribution in [0.4, 0.5) is 5.69 Å². The zero-order valence-corrected chi connectivity index (χ0v) is 12.9. The number of piperazine rings is 1. The van der Waals surface area contributed by atoms with Gasteiger partial charge in [0.15, 0.2) is 0 Å². The van der Waals surface area contributed by atoms with Crippen LogP contribution < -0.4 is 4.90 Å². The molecule has 0 saturated carbocycles. The fourth-order valence-electron chi connectivity index (χ4n) is 2.41. The average Bonchev–Trinajstić information content (AvgIpc) is 2.38. The maximum Gasteiger partial charge on any atom is 0.244 e. The second-order valence-electron chi connectivity index (χ2n) is 4.93. The highest BCUT2D eigenvalue weighted by atomic mass is 79.9. The summed E-state index contributed by atoms with van der Waals surface area (Å²) in [6.45, 7) is 3.57. The van der Waals surface area contributed by atoms with Gasteiger partial charge in [-0.1, -0.05) is 15.9 Å². The zero-order chi connectivity index (χ0) is 14.0. The van der Waals surface area contributed by atoms with Gasteiger partial charge in [0.25, 0.3) is 0 Å². The van der Waals surface area contributed by atoms with Gasteiger partial charge >= 0.3 is 0 Å². The van der Waals surface area contributed by atoms with Crippen molar-refractivity contribution in [1.82, 2.24) is 4.90 Å². The Morgan fingerprint density at radius 3 is 2.79 bits per heavy atom. The van der Waals surface area contributed by atoms with Gasteiger partial charge in [0.2, 0.25) is 5.91 Å². The van der Waals surface area contributed by atoms with Crippen LogP contribution in [0.2, 0.25) is 0 Å². The zero-order valence-electron chi connectivity index (χ0n) is 11.3. The fraction of sp³-hybridized carbons (Fsp3) is 0.500.